The van der Waals surface area contributed by atoms with Gasteiger partial charge >= 0.3 is 0 Å². The summed E-state index contributed by atoms with van der Waals surface area (Å²) in [5, 5.41) is 43.7. The lowest BCUT2D eigenvalue weighted by Crippen LogP contribution is -2.65. The van der Waals surface area contributed by atoms with Gasteiger partial charge in [0.2, 0.25) is 0 Å². The maximum Gasteiger partial charge on any atom is 0.187 e. The fraction of sp³-hybridized carbons (Fsp3) is 0.767. The molecule has 7 heteroatoms. The Balaban J connectivity index is 1.80. The molecule has 4 rings (SSSR count). The summed E-state index contributed by atoms with van der Waals surface area (Å²) in [7, 11) is 0. The molecule has 0 heterocycles. The molecular formula is C30H44O7. The van der Waals surface area contributed by atoms with Crippen LogP contribution in [-0.2, 0) is 14.4 Å². The van der Waals surface area contributed by atoms with E-state index in [-0.39, 0.29) is 36.2 Å². The smallest absolute Gasteiger partial charge is 0.187 e. The van der Waals surface area contributed by atoms with Crippen molar-refractivity contribution in [2.24, 2.45) is 39.4 Å². The van der Waals surface area contributed by atoms with Crippen LogP contribution in [-0.4, -0.2) is 61.2 Å². The molecule has 7 nitrogen and oxygen atoms in total. The SMILES string of the molecule is CC(C)(O)/C=C/C(=O)[C@@](C)(O)[C@@H]1[C@@H](O)C[C@]2(C)[C@H]3CC=C4[C@H](C[C@@H](O)C(=O)C4(C)C)[C@@]3(C)C(=O)C[C@]12C. The van der Waals surface area contributed by atoms with Crippen LogP contribution < -0.4 is 0 Å². The summed E-state index contributed by atoms with van der Waals surface area (Å²) in [6.07, 6.45) is 3.54. The molecule has 4 N–H and O–H groups in total. The minimum Gasteiger partial charge on any atom is -0.393 e. The van der Waals surface area contributed by atoms with Gasteiger partial charge in [0.05, 0.1) is 11.7 Å². The monoisotopic (exact) mass is 516 g/mol. The van der Waals surface area contributed by atoms with Gasteiger partial charge in [0.15, 0.2) is 11.6 Å². The fourth-order valence-corrected chi connectivity index (χ4v) is 9.00. The van der Waals surface area contributed by atoms with Gasteiger partial charge in [-0.15, -0.1) is 0 Å². The van der Waals surface area contributed by atoms with E-state index in [2.05, 4.69) is 13.0 Å². The van der Waals surface area contributed by atoms with Gasteiger partial charge in [0, 0.05) is 23.2 Å². The highest BCUT2D eigenvalue weighted by Gasteiger charge is 2.74. The lowest BCUT2D eigenvalue weighted by atomic mass is 9.38. The fourth-order valence-electron chi connectivity index (χ4n) is 9.00. The number of aliphatic hydroxyl groups excluding tert-OH is 2. The van der Waals surface area contributed by atoms with Crippen LogP contribution in [0.1, 0.15) is 81.1 Å². The number of ketones is 3. The predicted molar refractivity (Wildman–Crippen MR) is 138 cm³/mol. The number of aliphatic hydroxyl groups is 4. The first-order valence-electron chi connectivity index (χ1n) is 13.5. The number of hydrogen-bond acceptors (Lipinski definition) is 7. The summed E-state index contributed by atoms with van der Waals surface area (Å²) in [5.41, 5.74) is -5.46. The number of carbonyl (C=O) groups is 3. The third-order valence-electron chi connectivity index (χ3n) is 11.1. The number of fused-ring (bicyclic) bond motifs is 5. The number of rotatable bonds is 4. The van der Waals surface area contributed by atoms with E-state index in [4.69, 9.17) is 0 Å². The van der Waals surface area contributed by atoms with E-state index in [1.807, 2.05) is 27.7 Å². The molecule has 0 spiro atoms. The third kappa shape index (κ3) is 3.71. The van der Waals surface area contributed by atoms with Crippen LogP contribution in [0.25, 0.3) is 0 Å². The van der Waals surface area contributed by atoms with Gasteiger partial charge in [0.1, 0.15) is 17.5 Å². The Morgan fingerprint density at radius 1 is 1.03 bits per heavy atom. The number of allylic oxidation sites excluding steroid dienone is 2. The lowest BCUT2D eigenvalue weighted by Gasteiger charge is -2.64. The second-order valence-electron chi connectivity index (χ2n) is 14.2. The van der Waals surface area contributed by atoms with Gasteiger partial charge in [0.25, 0.3) is 0 Å². The van der Waals surface area contributed by atoms with Crippen LogP contribution in [0.2, 0.25) is 0 Å². The molecule has 3 fully saturated rings. The highest BCUT2D eigenvalue weighted by Crippen LogP contribution is 2.74. The Hall–Kier alpha value is -1.67. The normalized spacial score (nSPS) is 45.1. The molecule has 0 aromatic heterocycles. The van der Waals surface area contributed by atoms with Gasteiger partial charge in [-0.25, -0.2) is 0 Å². The zero-order chi connectivity index (χ0) is 28.1. The van der Waals surface area contributed by atoms with Crippen LogP contribution in [0.3, 0.4) is 0 Å². The predicted octanol–water partition coefficient (Wildman–Crippen LogP) is 2.93. The Morgan fingerprint density at radius 3 is 2.19 bits per heavy atom. The first-order valence-corrected chi connectivity index (χ1v) is 13.5. The Labute approximate surface area is 220 Å². The molecule has 0 radical (unpaired) electrons. The summed E-state index contributed by atoms with van der Waals surface area (Å²) in [6.45, 7) is 14.0. The molecular weight excluding hydrogens is 472 g/mol. The summed E-state index contributed by atoms with van der Waals surface area (Å²) in [5.74, 6) is -2.24. The van der Waals surface area contributed by atoms with Crippen molar-refractivity contribution in [1.82, 2.24) is 0 Å². The number of Topliss-reactive ketones (excluding diaryl/α,β-unsaturated/α-hetero) is 2. The topological polar surface area (TPSA) is 132 Å². The average Bonchev–Trinajstić information content (AvgIpc) is 2.96. The van der Waals surface area contributed by atoms with Crippen molar-refractivity contribution < 1.29 is 34.8 Å². The van der Waals surface area contributed by atoms with Crippen molar-refractivity contribution in [1.29, 1.82) is 0 Å². The van der Waals surface area contributed by atoms with E-state index in [0.29, 0.717) is 12.8 Å². The zero-order valence-corrected chi connectivity index (χ0v) is 23.5. The van der Waals surface area contributed by atoms with Gasteiger partial charge in [-0.2, -0.15) is 0 Å². The molecule has 0 bridgehead atoms. The Morgan fingerprint density at radius 2 is 1.62 bits per heavy atom. The molecule has 0 aromatic carbocycles. The summed E-state index contributed by atoms with van der Waals surface area (Å²) in [6, 6.07) is 0. The van der Waals surface area contributed by atoms with Gasteiger partial charge in [-0.3, -0.25) is 14.4 Å². The van der Waals surface area contributed by atoms with Crippen LogP contribution in [0.15, 0.2) is 23.8 Å². The Bertz CT molecular complexity index is 1090. The highest BCUT2D eigenvalue weighted by molar-refractivity contribution is 5.98. The van der Waals surface area contributed by atoms with Crippen molar-refractivity contribution in [2.75, 3.05) is 0 Å². The van der Waals surface area contributed by atoms with E-state index in [1.165, 1.54) is 32.9 Å². The third-order valence-corrected chi connectivity index (χ3v) is 11.1. The van der Waals surface area contributed by atoms with Gasteiger partial charge < -0.3 is 20.4 Å². The van der Waals surface area contributed by atoms with Gasteiger partial charge in [-0.1, -0.05) is 38.5 Å². The van der Waals surface area contributed by atoms with Crippen molar-refractivity contribution in [3.8, 4) is 0 Å². The van der Waals surface area contributed by atoms with Crippen molar-refractivity contribution in [3.63, 3.8) is 0 Å². The second-order valence-corrected chi connectivity index (χ2v) is 14.2. The number of carbonyl (C=O) groups excluding carboxylic acids is 3. The molecule has 0 amide bonds. The maximum atomic E-state index is 14.2. The van der Waals surface area contributed by atoms with E-state index >= 15 is 0 Å². The Kier molecular flexibility index (Phi) is 6.26. The first-order chi connectivity index (χ1) is 16.7. The molecule has 4 aliphatic rings. The average molecular weight is 517 g/mol. The quantitative estimate of drug-likeness (QED) is 0.334. The summed E-state index contributed by atoms with van der Waals surface area (Å²) < 4.78 is 0. The van der Waals surface area contributed by atoms with Crippen LogP contribution in [0.4, 0.5) is 0 Å². The molecule has 0 unspecified atom stereocenters. The summed E-state index contributed by atoms with van der Waals surface area (Å²) >= 11 is 0. The largest absolute Gasteiger partial charge is 0.393 e. The van der Waals surface area contributed by atoms with Crippen molar-refractivity contribution in [2.45, 2.75) is 104 Å². The molecule has 4 aliphatic carbocycles. The van der Waals surface area contributed by atoms with Crippen molar-refractivity contribution >= 4 is 17.3 Å². The molecule has 0 aliphatic heterocycles. The lowest BCUT2D eigenvalue weighted by molar-refractivity contribution is -0.183. The molecule has 3 saturated carbocycles. The summed E-state index contributed by atoms with van der Waals surface area (Å²) in [4.78, 5) is 40.2. The minimum atomic E-state index is -1.95. The highest BCUT2D eigenvalue weighted by atomic mass is 16.3. The molecule has 37 heavy (non-hydrogen) atoms. The maximum absolute atomic E-state index is 14.2. The van der Waals surface area contributed by atoms with E-state index in [0.717, 1.165) is 5.57 Å². The first kappa shape index (κ1) is 28.3. The minimum absolute atomic E-state index is 0.0141. The zero-order valence-electron chi connectivity index (χ0n) is 23.5. The van der Waals surface area contributed by atoms with Crippen molar-refractivity contribution in [3.05, 3.63) is 23.8 Å². The number of hydrogen-bond donors (Lipinski definition) is 4. The molecule has 206 valence electrons. The molecule has 0 saturated heterocycles. The van der Waals surface area contributed by atoms with E-state index < -0.39 is 56.8 Å². The van der Waals surface area contributed by atoms with Crippen LogP contribution >= 0.6 is 0 Å². The van der Waals surface area contributed by atoms with Crippen LogP contribution in [0.5, 0.6) is 0 Å². The molecule has 0 aromatic rings. The van der Waals surface area contributed by atoms with E-state index in [1.54, 1.807) is 0 Å². The standard InChI is InChI=1S/C30H44O7/c1-25(2,36)12-11-21(33)30(8,37)23-19(32)14-27(5)20-10-9-16-17(13-18(31)24(35)26(16,3)4)29(20,7)22(34)15-28(23,27)6/h9,11-12,17-20,23,31-32,36-37H,10,13-15H2,1-8H3/b12-11+/t17-,18+,19-,20+,23+,27+,28+,29+,30+/m0/s1. The van der Waals surface area contributed by atoms with Crippen LogP contribution in [0, 0.1) is 39.4 Å². The van der Waals surface area contributed by atoms with E-state index in [9.17, 15) is 34.8 Å². The second kappa shape index (κ2) is 8.17. The van der Waals surface area contributed by atoms with Gasteiger partial charge in [-0.05, 0) is 82.6 Å². The molecule has 9 atom stereocenters.